The first-order chi connectivity index (χ1) is 17.9. The molecule has 1 saturated heterocycles. The zero-order valence-corrected chi connectivity index (χ0v) is 21.5. The smallest absolute Gasteiger partial charge is 0.264 e. The third-order valence-electron chi connectivity index (χ3n) is 6.21. The van der Waals surface area contributed by atoms with Crippen LogP contribution in [0.3, 0.4) is 0 Å². The Kier molecular flexibility index (Phi) is 8.58. The molecular weight excluding hydrogens is 490 g/mol. The Balaban J connectivity index is 1.54. The summed E-state index contributed by atoms with van der Waals surface area (Å²) in [5.41, 5.74) is 2.02. The number of benzene rings is 3. The molecule has 0 aliphatic carbocycles. The molecule has 1 fully saturated rings. The molecule has 3 aromatic carbocycles. The Bertz CT molecular complexity index is 1320. The van der Waals surface area contributed by atoms with Crippen LogP contribution in [0.4, 0.5) is 11.4 Å². The molecule has 3 aromatic rings. The zero-order chi connectivity index (χ0) is 26.3. The topological polar surface area (TPSA) is 105 Å². The van der Waals surface area contributed by atoms with Crippen molar-refractivity contribution in [2.45, 2.75) is 37.2 Å². The van der Waals surface area contributed by atoms with Crippen molar-refractivity contribution in [3.63, 3.8) is 0 Å². The predicted molar refractivity (Wildman–Crippen MR) is 143 cm³/mol. The SMILES string of the molecule is CCc1ccc(N(CC(=O)Nc2ccccc2C(=O)NC[C@H]2CCCO2)S(=O)(=O)c2ccccc2)cc1. The third-order valence-corrected chi connectivity index (χ3v) is 8.00. The van der Waals surface area contributed by atoms with E-state index in [1.165, 1.54) is 12.1 Å². The third kappa shape index (κ3) is 6.55. The summed E-state index contributed by atoms with van der Waals surface area (Å²) < 4.78 is 33.7. The van der Waals surface area contributed by atoms with Gasteiger partial charge in [-0.2, -0.15) is 0 Å². The molecule has 2 N–H and O–H groups in total. The number of carbonyl (C=O) groups excluding carboxylic acids is 2. The number of ether oxygens (including phenoxy) is 1. The van der Waals surface area contributed by atoms with Crippen molar-refractivity contribution in [3.8, 4) is 0 Å². The van der Waals surface area contributed by atoms with E-state index in [1.54, 1.807) is 54.6 Å². The van der Waals surface area contributed by atoms with Gasteiger partial charge in [0.1, 0.15) is 6.54 Å². The van der Waals surface area contributed by atoms with Gasteiger partial charge < -0.3 is 15.4 Å². The molecule has 0 aromatic heterocycles. The number of anilines is 2. The van der Waals surface area contributed by atoms with Gasteiger partial charge in [-0.3, -0.25) is 13.9 Å². The molecule has 1 atom stereocenters. The Morgan fingerprint density at radius 1 is 0.973 bits per heavy atom. The van der Waals surface area contributed by atoms with Gasteiger partial charge in [0.2, 0.25) is 5.91 Å². The lowest BCUT2D eigenvalue weighted by Crippen LogP contribution is -2.38. The lowest BCUT2D eigenvalue weighted by molar-refractivity contribution is -0.114. The second kappa shape index (κ2) is 12.0. The number of rotatable bonds is 10. The molecule has 9 heteroatoms. The summed E-state index contributed by atoms with van der Waals surface area (Å²) in [7, 11) is -4.03. The number of carbonyl (C=O) groups is 2. The molecule has 0 unspecified atom stereocenters. The van der Waals surface area contributed by atoms with Crippen molar-refractivity contribution in [1.29, 1.82) is 0 Å². The minimum absolute atomic E-state index is 0.0125. The average molecular weight is 522 g/mol. The molecule has 1 heterocycles. The maximum atomic E-state index is 13.5. The summed E-state index contributed by atoms with van der Waals surface area (Å²) in [4.78, 5) is 26.1. The highest BCUT2D eigenvalue weighted by Crippen LogP contribution is 2.25. The lowest BCUT2D eigenvalue weighted by Gasteiger charge is -2.24. The zero-order valence-electron chi connectivity index (χ0n) is 20.7. The van der Waals surface area contributed by atoms with Crippen LogP contribution in [0.15, 0.2) is 83.8 Å². The van der Waals surface area contributed by atoms with Crippen molar-refractivity contribution in [3.05, 3.63) is 90.0 Å². The van der Waals surface area contributed by atoms with Crippen LogP contribution in [0, 0.1) is 0 Å². The number of hydrogen-bond acceptors (Lipinski definition) is 5. The highest BCUT2D eigenvalue weighted by Gasteiger charge is 2.27. The fourth-order valence-corrected chi connectivity index (χ4v) is 5.59. The number of amides is 2. The van der Waals surface area contributed by atoms with Crippen LogP contribution in [0.25, 0.3) is 0 Å². The Morgan fingerprint density at radius 3 is 2.35 bits per heavy atom. The van der Waals surface area contributed by atoms with Crippen LogP contribution in [0.2, 0.25) is 0 Å². The number of sulfonamides is 1. The summed E-state index contributed by atoms with van der Waals surface area (Å²) >= 11 is 0. The maximum absolute atomic E-state index is 13.5. The van der Waals surface area contributed by atoms with E-state index >= 15 is 0 Å². The summed E-state index contributed by atoms with van der Waals surface area (Å²) in [6.45, 7) is 2.62. The first-order valence-corrected chi connectivity index (χ1v) is 13.8. The van der Waals surface area contributed by atoms with Crippen LogP contribution in [-0.2, 0) is 26.0 Å². The summed E-state index contributed by atoms with van der Waals surface area (Å²) in [5, 5.41) is 5.58. The van der Waals surface area contributed by atoms with Gasteiger partial charge in [-0.05, 0) is 61.2 Å². The number of nitrogens with zero attached hydrogens (tertiary/aromatic N) is 1. The van der Waals surface area contributed by atoms with Crippen molar-refractivity contribution in [2.24, 2.45) is 0 Å². The van der Waals surface area contributed by atoms with E-state index in [0.29, 0.717) is 30.1 Å². The van der Waals surface area contributed by atoms with E-state index in [-0.39, 0.29) is 16.9 Å². The standard InChI is InChI=1S/C28H31N3O5S/c1-2-21-14-16-22(17-15-21)31(37(34,35)24-10-4-3-5-11-24)20-27(32)30-26-13-7-6-12-25(26)28(33)29-19-23-9-8-18-36-23/h3-7,10-17,23H,2,8-9,18-20H2,1H3,(H,29,33)(H,30,32)/t23-/m1/s1. The first-order valence-electron chi connectivity index (χ1n) is 12.3. The molecule has 4 rings (SSSR count). The number of nitrogens with one attached hydrogen (secondary N) is 2. The van der Waals surface area contributed by atoms with Gasteiger partial charge >= 0.3 is 0 Å². The van der Waals surface area contributed by atoms with Crippen molar-refractivity contribution in [2.75, 3.05) is 29.3 Å². The number of hydrogen-bond donors (Lipinski definition) is 2. The lowest BCUT2D eigenvalue weighted by atomic mass is 10.1. The van der Waals surface area contributed by atoms with Gasteiger partial charge in [0.25, 0.3) is 15.9 Å². The Morgan fingerprint density at radius 2 is 1.68 bits per heavy atom. The van der Waals surface area contributed by atoms with Gasteiger partial charge in [0.05, 0.1) is 27.9 Å². The van der Waals surface area contributed by atoms with E-state index < -0.39 is 22.5 Å². The second-order valence-corrected chi connectivity index (χ2v) is 10.6. The van der Waals surface area contributed by atoms with E-state index in [9.17, 15) is 18.0 Å². The summed E-state index contributed by atoms with van der Waals surface area (Å²) in [6, 6.07) is 21.7. The average Bonchev–Trinajstić information content (AvgIpc) is 3.45. The van der Waals surface area contributed by atoms with E-state index in [2.05, 4.69) is 10.6 Å². The van der Waals surface area contributed by atoms with Crippen LogP contribution in [0.5, 0.6) is 0 Å². The van der Waals surface area contributed by atoms with Crippen molar-refractivity contribution >= 4 is 33.2 Å². The summed E-state index contributed by atoms with van der Waals surface area (Å²) in [5.74, 6) is -0.909. The van der Waals surface area contributed by atoms with Crippen molar-refractivity contribution in [1.82, 2.24) is 5.32 Å². The maximum Gasteiger partial charge on any atom is 0.264 e. The van der Waals surface area contributed by atoms with Gasteiger partial charge in [0, 0.05) is 13.2 Å². The minimum Gasteiger partial charge on any atom is -0.376 e. The van der Waals surface area contributed by atoms with Gasteiger partial charge in [-0.15, -0.1) is 0 Å². The van der Waals surface area contributed by atoms with Gasteiger partial charge in [0.15, 0.2) is 0 Å². The fourth-order valence-electron chi connectivity index (χ4n) is 4.15. The Labute approximate surface area is 217 Å². The fraction of sp³-hybridized carbons (Fsp3) is 0.286. The molecule has 0 radical (unpaired) electrons. The molecule has 37 heavy (non-hydrogen) atoms. The molecule has 1 aliphatic heterocycles. The molecule has 1 aliphatic rings. The molecule has 2 amide bonds. The van der Waals surface area contributed by atoms with Crippen molar-refractivity contribution < 1.29 is 22.7 Å². The molecule has 194 valence electrons. The van der Waals surface area contributed by atoms with E-state index in [4.69, 9.17) is 4.74 Å². The first kappa shape index (κ1) is 26.4. The van der Waals surface area contributed by atoms with Crippen LogP contribution in [-0.4, -0.2) is 46.0 Å². The predicted octanol–water partition coefficient (Wildman–Crippen LogP) is 3.99. The van der Waals surface area contributed by atoms with Gasteiger partial charge in [-0.1, -0.05) is 49.4 Å². The number of aryl methyl sites for hydroxylation is 1. The normalized spacial score (nSPS) is 15.2. The minimum atomic E-state index is -4.03. The van der Waals surface area contributed by atoms with E-state index in [0.717, 1.165) is 29.1 Å². The van der Waals surface area contributed by atoms with Crippen LogP contribution < -0.4 is 14.9 Å². The van der Waals surface area contributed by atoms with Crippen LogP contribution in [0.1, 0.15) is 35.7 Å². The quantitative estimate of drug-likeness (QED) is 0.420. The van der Waals surface area contributed by atoms with Crippen LogP contribution >= 0.6 is 0 Å². The molecule has 8 nitrogen and oxygen atoms in total. The monoisotopic (exact) mass is 521 g/mol. The molecular formula is C28H31N3O5S. The highest BCUT2D eigenvalue weighted by molar-refractivity contribution is 7.92. The molecule has 0 spiro atoms. The van der Waals surface area contributed by atoms with Gasteiger partial charge in [-0.25, -0.2) is 8.42 Å². The molecule has 0 saturated carbocycles. The molecule has 0 bridgehead atoms. The highest BCUT2D eigenvalue weighted by atomic mass is 32.2. The van der Waals surface area contributed by atoms with E-state index in [1.807, 2.05) is 19.1 Å². The Hall–Kier alpha value is -3.69. The second-order valence-electron chi connectivity index (χ2n) is 8.78. The summed E-state index contributed by atoms with van der Waals surface area (Å²) in [6.07, 6.45) is 2.65. The largest absolute Gasteiger partial charge is 0.376 e. The number of para-hydroxylation sites is 1.